The van der Waals surface area contributed by atoms with E-state index in [1.807, 2.05) is 0 Å². The van der Waals surface area contributed by atoms with Crippen LogP contribution in [0.25, 0.3) is 0 Å². The second-order valence-electron chi connectivity index (χ2n) is 6.75. The van der Waals surface area contributed by atoms with Gasteiger partial charge in [-0.1, -0.05) is 12.1 Å². The Kier molecular flexibility index (Phi) is 6.06. The first-order chi connectivity index (χ1) is 13.9. The molecule has 0 aliphatic carbocycles. The number of carbonyl (C=O) groups is 2. The van der Waals surface area contributed by atoms with E-state index >= 15 is 0 Å². The van der Waals surface area contributed by atoms with Crippen LogP contribution in [0.3, 0.4) is 0 Å². The third-order valence-corrected chi connectivity index (χ3v) is 4.82. The van der Waals surface area contributed by atoms with E-state index in [1.54, 1.807) is 17.0 Å². The number of benzene rings is 2. The number of hydrogen-bond acceptors (Lipinski definition) is 5. The lowest BCUT2D eigenvalue weighted by Crippen LogP contribution is -2.30. The van der Waals surface area contributed by atoms with Crippen LogP contribution in [0.1, 0.15) is 12.0 Å². The molecule has 0 unspecified atom stereocenters. The number of halogens is 1. The predicted octanol–water partition coefficient (Wildman–Crippen LogP) is 2.77. The average Bonchev–Trinajstić information content (AvgIpc) is 3.08. The zero-order valence-corrected chi connectivity index (χ0v) is 15.8. The largest absolute Gasteiger partial charge is 0.495 e. The van der Waals surface area contributed by atoms with Crippen LogP contribution in [0.2, 0.25) is 0 Å². The van der Waals surface area contributed by atoms with Crippen molar-refractivity contribution in [2.75, 3.05) is 25.5 Å². The minimum Gasteiger partial charge on any atom is -0.495 e. The van der Waals surface area contributed by atoms with Crippen molar-refractivity contribution in [3.05, 3.63) is 64.0 Å². The number of nitrogens with one attached hydrogen (secondary N) is 1. The van der Waals surface area contributed by atoms with E-state index in [-0.39, 0.29) is 36.1 Å². The summed E-state index contributed by atoms with van der Waals surface area (Å²) in [5.74, 6) is -1.14. The summed E-state index contributed by atoms with van der Waals surface area (Å²) in [6.45, 7) is 0.678. The molecule has 1 N–H and O–H groups in total. The molecule has 1 aliphatic rings. The Morgan fingerprint density at radius 2 is 2.03 bits per heavy atom. The standard InChI is InChI=1S/C20H20FN3O5/c1-29-18-7-6-16(24(27)28)11-17(18)22-20(26)14-10-19(25)23(12-14)9-8-13-2-4-15(21)5-3-13/h2-7,11,14H,8-10,12H2,1H3,(H,22,26)/t14-/m0/s1. The van der Waals surface area contributed by atoms with E-state index < -0.39 is 16.7 Å². The molecule has 0 spiro atoms. The summed E-state index contributed by atoms with van der Waals surface area (Å²) in [5, 5.41) is 13.6. The van der Waals surface area contributed by atoms with Crippen LogP contribution in [0.15, 0.2) is 42.5 Å². The van der Waals surface area contributed by atoms with Crippen molar-refractivity contribution in [3.8, 4) is 5.75 Å². The molecule has 2 amide bonds. The number of nitro groups is 1. The zero-order valence-electron chi connectivity index (χ0n) is 15.8. The Morgan fingerprint density at radius 3 is 2.69 bits per heavy atom. The number of methoxy groups -OCH3 is 1. The molecule has 0 bridgehead atoms. The number of nitro benzene ring substituents is 1. The summed E-state index contributed by atoms with van der Waals surface area (Å²) in [6.07, 6.45) is 0.617. The second-order valence-corrected chi connectivity index (χ2v) is 6.75. The van der Waals surface area contributed by atoms with Gasteiger partial charge in [-0.25, -0.2) is 4.39 Å². The summed E-state index contributed by atoms with van der Waals surface area (Å²) < 4.78 is 18.1. The van der Waals surface area contributed by atoms with Crippen LogP contribution in [-0.2, 0) is 16.0 Å². The third kappa shape index (κ3) is 4.87. The lowest BCUT2D eigenvalue weighted by molar-refractivity contribution is -0.384. The first kappa shape index (κ1) is 20.2. The summed E-state index contributed by atoms with van der Waals surface area (Å²) in [6, 6.07) is 9.96. The minimum atomic E-state index is -0.570. The number of nitrogens with zero attached hydrogens (tertiary/aromatic N) is 2. The molecule has 9 heteroatoms. The molecular formula is C20H20FN3O5. The fourth-order valence-electron chi connectivity index (χ4n) is 3.22. The van der Waals surface area contributed by atoms with Gasteiger partial charge in [0, 0.05) is 31.6 Å². The number of anilines is 1. The quantitative estimate of drug-likeness (QED) is 0.568. The van der Waals surface area contributed by atoms with Crippen LogP contribution < -0.4 is 10.1 Å². The topological polar surface area (TPSA) is 102 Å². The molecule has 0 radical (unpaired) electrons. The van der Waals surface area contributed by atoms with Gasteiger partial charge in [0.25, 0.3) is 5.69 Å². The predicted molar refractivity (Wildman–Crippen MR) is 103 cm³/mol. The highest BCUT2D eigenvalue weighted by Gasteiger charge is 2.34. The fourth-order valence-corrected chi connectivity index (χ4v) is 3.22. The average molecular weight is 401 g/mol. The Hall–Kier alpha value is -3.49. The van der Waals surface area contributed by atoms with Gasteiger partial charge >= 0.3 is 0 Å². The van der Waals surface area contributed by atoms with E-state index in [2.05, 4.69) is 5.32 Å². The maximum Gasteiger partial charge on any atom is 0.271 e. The number of likely N-dealkylation sites (tertiary alicyclic amines) is 1. The van der Waals surface area contributed by atoms with Crippen LogP contribution in [-0.4, -0.2) is 41.8 Å². The summed E-state index contributed by atoms with van der Waals surface area (Å²) in [7, 11) is 1.40. The van der Waals surface area contributed by atoms with Crippen LogP contribution in [0, 0.1) is 21.8 Å². The number of non-ortho nitro benzene ring substituents is 1. The van der Waals surface area contributed by atoms with Crippen LogP contribution in [0.4, 0.5) is 15.8 Å². The van der Waals surface area contributed by atoms with Gasteiger partial charge in [-0.15, -0.1) is 0 Å². The van der Waals surface area contributed by atoms with Crippen molar-refractivity contribution >= 4 is 23.2 Å². The maximum atomic E-state index is 13.0. The lowest BCUT2D eigenvalue weighted by Gasteiger charge is -2.17. The number of hydrogen-bond donors (Lipinski definition) is 1. The van der Waals surface area contributed by atoms with Crippen LogP contribution in [0.5, 0.6) is 5.75 Å². The smallest absolute Gasteiger partial charge is 0.271 e. The fraction of sp³-hybridized carbons (Fsp3) is 0.300. The van der Waals surface area contributed by atoms with Gasteiger partial charge in [0.2, 0.25) is 11.8 Å². The third-order valence-electron chi connectivity index (χ3n) is 4.82. The minimum absolute atomic E-state index is 0.0620. The molecule has 0 saturated carbocycles. The van der Waals surface area contributed by atoms with Gasteiger partial charge in [0.1, 0.15) is 11.6 Å². The SMILES string of the molecule is COc1ccc([N+](=O)[O-])cc1NC(=O)[C@H]1CC(=O)N(CCc2ccc(F)cc2)C1. The van der Waals surface area contributed by atoms with Crippen molar-refractivity contribution in [3.63, 3.8) is 0 Å². The van der Waals surface area contributed by atoms with E-state index in [9.17, 15) is 24.1 Å². The molecule has 152 valence electrons. The Balaban J connectivity index is 1.62. The lowest BCUT2D eigenvalue weighted by atomic mass is 10.1. The highest BCUT2D eigenvalue weighted by atomic mass is 19.1. The number of carbonyl (C=O) groups excluding carboxylic acids is 2. The maximum absolute atomic E-state index is 13.0. The van der Waals surface area contributed by atoms with Crippen molar-refractivity contribution < 1.29 is 23.6 Å². The molecule has 1 fully saturated rings. The van der Waals surface area contributed by atoms with E-state index in [4.69, 9.17) is 4.74 Å². The molecule has 8 nitrogen and oxygen atoms in total. The van der Waals surface area contributed by atoms with Crippen molar-refractivity contribution in [2.24, 2.45) is 5.92 Å². The van der Waals surface area contributed by atoms with E-state index in [1.165, 1.54) is 37.4 Å². The Bertz CT molecular complexity index is 932. The first-order valence-electron chi connectivity index (χ1n) is 9.03. The van der Waals surface area contributed by atoms with Crippen molar-refractivity contribution in [2.45, 2.75) is 12.8 Å². The second kappa shape index (κ2) is 8.68. The molecule has 0 aromatic heterocycles. The van der Waals surface area contributed by atoms with E-state index in [0.29, 0.717) is 18.7 Å². The molecular weight excluding hydrogens is 381 g/mol. The Morgan fingerprint density at radius 1 is 1.31 bits per heavy atom. The van der Waals surface area contributed by atoms with Gasteiger partial charge in [0.05, 0.1) is 23.6 Å². The van der Waals surface area contributed by atoms with Gasteiger partial charge < -0.3 is 15.0 Å². The van der Waals surface area contributed by atoms with Gasteiger partial charge in [0.15, 0.2) is 0 Å². The van der Waals surface area contributed by atoms with Gasteiger partial charge in [-0.05, 0) is 30.2 Å². The monoisotopic (exact) mass is 401 g/mol. The molecule has 3 rings (SSSR count). The van der Waals surface area contributed by atoms with Crippen molar-refractivity contribution in [1.82, 2.24) is 4.90 Å². The van der Waals surface area contributed by atoms with Crippen LogP contribution >= 0.6 is 0 Å². The summed E-state index contributed by atoms with van der Waals surface area (Å²) in [4.78, 5) is 36.9. The van der Waals surface area contributed by atoms with Gasteiger partial charge in [-0.3, -0.25) is 19.7 Å². The Labute approximate surface area is 166 Å². The molecule has 2 aromatic rings. The normalized spacial score (nSPS) is 16.0. The summed E-state index contributed by atoms with van der Waals surface area (Å²) in [5.41, 5.74) is 0.905. The van der Waals surface area contributed by atoms with Gasteiger partial charge in [-0.2, -0.15) is 0 Å². The highest BCUT2D eigenvalue weighted by Crippen LogP contribution is 2.30. The first-order valence-corrected chi connectivity index (χ1v) is 9.03. The molecule has 1 saturated heterocycles. The molecule has 1 heterocycles. The number of rotatable bonds is 7. The summed E-state index contributed by atoms with van der Waals surface area (Å²) >= 11 is 0. The number of amides is 2. The van der Waals surface area contributed by atoms with E-state index in [0.717, 1.165) is 5.56 Å². The number of ether oxygens (including phenoxy) is 1. The molecule has 29 heavy (non-hydrogen) atoms. The van der Waals surface area contributed by atoms with Crippen molar-refractivity contribution in [1.29, 1.82) is 0 Å². The molecule has 1 aliphatic heterocycles. The molecule has 2 aromatic carbocycles. The molecule has 1 atom stereocenters. The highest BCUT2D eigenvalue weighted by molar-refractivity contribution is 5.98. The zero-order chi connectivity index (χ0) is 21.0.